The highest BCUT2D eigenvalue weighted by molar-refractivity contribution is 6.11. The normalized spacial score (nSPS) is 18.6. The van der Waals surface area contributed by atoms with Crippen LogP contribution < -0.4 is 14.7 Å². The Labute approximate surface area is 413 Å². The van der Waals surface area contributed by atoms with E-state index in [2.05, 4.69) is 150 Å². The summed E-state index contributed by atoms with van der Waals surface area (Å²) in [5, 5.41) is 6.43. The standard InChI is InChI=1S/2C20H23N3O.C18H19N3O/c2*1-12(2)22-10-11-23(15(22)5)18-13(3)6-8-16-17-9-7-14(4)21-20(17)24-19(16)18;1-11-5-7-14-15-8-6-12(2)19-18(15)22-17(14)16(11)21-10-9-20(4)13(21)3/h2*6-12,15H,1-5H3;5-10,13H,1-4H3/i2*12D;. The molecule has 0 N–H and O–H groups in total. The molecule has 6 aromatic heterocycles. The molecule has 9 heterocycles. The van der Waals surface area contributed by atoms with E-state index in [1.165, 1.54) is 5.56 Å². The predicted molar refractivity (Wildman–Crippen MR) is 288 cm³/mol. The summed E-state index contributed by atoms with van der Waals surface area (Å²) in [5.41, 5.74) is 14.3. The molecule has 70 heavy (non-hydrogen) atoms. The van der Waals surface area contributed by atoms with E-state index in [1.807, 2.05) is 101 Å². The van der Waals surface area contributed by atoms with E-state index in [-0.39, 0.29) is 18.5 Å². The number of hydrogen-bond acceptors (Lipinski definition) is 12. The molecule has 12 rings (SSSR count). The average Bonchev–Trinajstić information content (AvgIpc) is 4.18. The number of hydrogen-bond donors (Lipinski definition) is 0. The minimum absolute atomic E-state index is 0.0414. The van der Waals surface area contributed by atoms with E-state index in [0.717, 1.165) is 94.3 Å². The molecule has 0 amide bonds. The molecule has 3 aromatic carbocycles. The van der Waals surface area contributed by atoms with E-state index in [4.69, 9.17) is 16.0 Å². The van der Waals surface area contributed by atoms with Gasteiger partial charge in [0.15, 0.2) is 16.7 Å². The second kappa shape index (κ2) is 17.8. The molecule has 0 saturated carbocycles. The average molecular weight is 938 g/mol. The van der Waals surface area contributed by atoms with Gasteiger partial charge in [0.05, 0.1) is 19.8 Å². The van der Waals surface area contributed by atoms with Crippen LogP contribution in [0.4, 0.5) is 17.1 Å². The molecule has 0 saturated heterocycles. The monoisotopic (exact) mass is 938 g/mol. The van der Waals surface area contributed by atoms with Gasteiger partial charge in [0.2, 0.25) is 17.1 Å². The number of rotatable bonds is 5. The van der Waals surface area contributed by atoms with E-state index < -0.39 is 12.0 Å². The zero-order valence-corrected chi connectivity index (χ0v) is 42.9. The molecule has 9 aromatic rings. The highest BCUT2D eigenvalue weighted by Crippen LogP contribution is 2.42. The number of furan rings is 3. The zero-order chi connectivity index (χ0) is 51.3. The largest absolute Gasteiger partial charge is 0.435 e. The highest BCUT2D eigenvalue weighted by Gasteiger charge is 2.31. The lowest BCUT2D eigenvalue weighted by molar-refractivity contribution is 0.263. The van der Waals surface area contributed by atoms with Crippen molar-refractivity contribution < 1.29 is 16.0 Å². The molecular formula is C58H65N9O3. The Kier molecular flexibility index (Phi) is 11.1. The second-order valence-electron chi connectivity index (χ2n) is 19.4. The molecule has 360 valence electrons. The van der Waals surface area contributed by atoms with Gasteiger partial charge in [-0.05, 0) is 143 Å². The van der Waals surface area contributed by atoms with Crippen molar-refractivity contribution >= 4 is 83.3 Å². The van der Waals surface area contributed by atoms with E-state index in [0.29, 0.717) is 17.1 Å². The van der Waals surface area contributed by atoms with Crippen LogP contribution in [0.1, 0.15) is 85.0 Å². The quantitative estimate of drug-likeness (QED) is 0.164. The molecular weight excluding hydrogens is 871 g/mol. The van der Waals surface area contributed by atoms with E-state index >= 15 is 0 Å². The lowest BCUT2D eigenvalue weighted by Crippen LogP contribution is -2.39. The zero-order valence-electron chi connectivity index (χ0n) is 44.9. The number of fused-ring (bicyclic) bond motifs is 9. The summed E-state index contributed by atoms with van der Waals surface area (Å²) in [6.45, 7) is 26.2. The summed E-state index contributed by atoms with van der Waals surface area (Å²) < 4.78 is 35.2. The molecule has 3 atom stereocenters. The van der Waals surface area contributed by atoms with Gasteiger partial charge in [-0.2, -0.15) is 0 Å². The van der Waals surface area contributed by atoms with Crippen LogP contribution in [0.2, 0.25) is 0 Å². The number of nitrogens with zero attached hydrogens (tertiary/aromatic N) is 9. The molecule has 0 bridgehead atoms. The third kappa shape index (κ3) is 7.83. The first-order chi connectivity index (χ1) is 34.1. The fourth-order valence-electron chi connectivity index (χ4n) is 10.2. The molecule has 3 aliphatic heterocycles. The van der Waals surface area contributed by atoms with Gasteiger partial charge >= 0.3 is 0 Å². The maximum atomic E-state index is 8.35. The van der Waals surface area contributed by atoms with Crippen molar-refractivity contribution in [3.05, 3.63) is 144 Å². The van der Waals surface area contributed by atoms with Crippen molar-refractivity contribution in [3.63, 3.8) is 0 Å². The van der Waals surface area contributed by atoms with E-state index in [1.54, 1.807) is 0 Å². The molecule has 0 radical (unpaired) electrons. The lowest BCUT2D eigenvalue weighted by Gasteiger charge is -2.33. The van der Waals surface area contributed by atoms with Crippen molar-refractivity contribution in [1.82, 2.24) is 29.7 Å². The lowest BCUT2D eigenvalue weighted by atomic mass is 10.1. The van der Waals surface area contributed by atoms with Crippen molar-refractivity contribution in [3.8, 4) is 0 Å². The van der Waals surface area contributed by atoms with Crippen LogP contribution in [0.25, 0.3) is 66.2 Å². The molecule has 0 aliphatic carbocycles. The highest BCUT2D eigenvalue weighted by atomic mass is 16.3. The van der Waals surface area contributed by atoms with Crippen molar-refractivity contribution in [2.45, 2.75) is 121 Å². The first-order valence-electron chi connectivity index (χ1n) is 25.2. The van der Waals surface area contributed by atoms with Crippen LogP contribution in [-0.2, 0) is 0 Å². The van der Waals surface area contributed by atoms with Crippen molar-refractivity contribution in [1.29, 1.82) is 0 Å². The molecule has 0 fully saturated rings. The summed E-state index contributed by atoms with van der Waals surface area (Å²) in [5.74, 6) is 0. The number of pyridine rings is 3. The Morgan fingerprint density at radius 3 is 1.00 bits per heavy atom. The molecule has 3 aliphatic rings. The molecule has 0 spiro atoms. The van der Waals surface area contributed by atoms with Gasteiger partial charge in [-0.15, -0.1) is 0 Å². The van der Waals surface area contributed by atoms with Crippen LogP contribution in [0.3, 0.4) is 0 Å². The first-order valence-corrected chi connectivity index (χ1v) is 24.2. The molecule has 12 nitrogen and oxygen atoms in total. The topological polar surface area (TPSA) is 97.5 Å². The molecule has 12 heteroatoms. The second-order valence-corrected chi connectivity index (χ2v) is 19.4. The minimum Gasteiger partial charge on any atom is -0.435 e. The summed E-state index contributed by atoms with van der Waals surface area (Å²) in [6, 6.07) is 23.7. The summed E-state index contributed by atoms with van der Waals surface area (Å²) >= 11 is 0. The van der Waals surface area contributed by atoms with Gasteiger partial charge in [0, 0.05) is 106 Å². The fourth-order valence-corrected chi connectivity index (χ4v) is 10.2. The number of benzene rings is 3. The van der Waals surface area contributed by atoms with Gasteiger partial charge in [0.1, 0.15) is 18.5 Å². The summed E-state index contributed by atoms with van der Waals surface area (Å²) in [7, 11) is 2.08. The van der Waals surface area contributed by atoms with Gasteiger partial charge in [-0.25, -0.2) is 15.0 Å². The number of aromatic nitrogens is 3. The van der Waals surface area contributed by atoms with Crippen LogP contribution in [-0.4, -0.2) is 67.2 Å². The van der Waals surface area contributed by atoms with E-state index in [9.17, 15) is 0 Å². The van der Waals surface area contributed by atoms with Crippen LogP contribution >= 0.6 is 0 Å². The third-order valence-corrected chi connectivity index (χ3v) is 14.1. The fraction of sp³-hybridized carbons (Fsp3) is 0.328. The maximum absolute atomic E-state index is 8.35. The Morgan fingerprint density at radius 2 is 0.714 bits per heavy atom. The Hall–Kier alpha value is -7.47. The van der Waals surface area contributed by atoms with Crippen molar-refractivity contribution in [2.24, 2.45) is 0 Å². The van der Waals surface area contributed by atoms with Gasteiger partial charge < -0.3 is 42.7 Å². The SMILES string of the molecule is Cc1ccc2c(n1)oc1c(N3C=CN(C)C3C)c(C)ccc12.[2H]C(C)(C)N1C=CN(c2c(C)ccc3c2oc2nc(C)ccc23)C1C.[2H]C(C)(C)N1C=CN(c2c(C)ccc3c2oc2nc(C)ccc23)C1C. The minimum atomic E-state index is -0.682. The van der Waals surface area contributed by atoms with Gasteiger partial charge in [-0.3, -0.25) is 0 Å². The van der Waals surface area contributed by atoms with Crippen LogP contribution in [0.5, 0.6) is 0 Å². The Morgan fingerprint density at radius 1 is 0.414 bits per heavy atom. The third-order valence-electron chi connectivity index (χ3n) is 14.1. The summed E-state index contributed by atoms with van der Waals surface area (Å²) in [6.07, 6.45) is 12.6. The Bertz CT molecular complexity index is 3500. The van der Waals surface area contributed by atoms with Gasteiger partial charge in [0.25, 0.3) is 0 Å². The first kappa shape index (κ1) is 43.8. The van der Waals surface area contributed by atoms with Crippen molar-refractivity contribution in [2.75, 3.05) is 21.7 Å². The Balaban J connectivity index is 0.000000125. The molecule has 3 unspecified atom stereocenters. The number of anilines is 3. The smallest absolute Gasteiger partial charge is 0.227 e. The predicted octanol–water partition coefficient (Wildman–Crippen LogP) is 14.1. The maximum Gasteiger partial charge on any atom is 0.227 e. The van der Waals surface area contributed by atoms with Crippen LogP contribution in [0.15, 0.2) is 123 Å². The summed E-state index contributed by atoms with van der Waals surface area (Å²) in [4.78, 5) is 26.5. The van der Waals surface area contributed by atoms with Crippen LogP contribution in [0, 0.1) is 41.5 Å². The number of aryl methyl sites for hydroxylation is 6. The van der Waals surface area contributed by atoms with Gasteiger partial charge in [-0.1, -0.05) is 36.4 Å².